The Morgan fingerprint density at radius 1 is 1.12 bits per heavy atom. The molecule has 3 rings (SSSR count). The number of fused-ring (bicyclic) bond motifs is 1. The maximum Gasteiger partial charge on any atom is 0.291 e. The van der Waals surface area contributed by atoms with Gasteiger partial charge in [-0.05, 0) is 30.3 Å². The lowest BCUT2D eigenvalue weighted by atomic mass is 10.2. The number of primary amides is 1. The van der Waals surface area contributed by atoms with Crippen LogP contribution in [0, 0.1) is 0 Å². The molecule has 0 saturated heterocycles. The molecule has 0 aliphatic rings. The Hall–Kier alpha value is -3.61. The van der Waals surface area contributed by atoms with Gasteiger partial charge in [0, 0.05) is 23.4 Å². The summed E-state index contributed by atoms with van der Waals surface area (Å²) in [5.41, 5.74) is 5.71. The molecule has 2 aromatic carbocycles. The lowest BCUT2D eigenvalue weighted by Crippen LogP contribution is -2.16. The molecule has 1 aromatic heterocycles. The first-order valence-corrected chi connectivity index (χ1v) is 7.31. The number of carbonyl (C=O) groups excluding carboxylic acids is 2. The van der Waals surface area contributed by atoms with Crippen molar-refractivity contribution in [1.82, 2.24) is 0 Å². The molecule has 25 heavy (non-hydrogen) atoms. The summed E-state index contributed by atoms with van der Waals surface area (Å²) in [5, 5.41) is 2.90. The number of benzene rings is 2. The molecule has 7 heteroatoms. The van der Waals surface area contributed by atoms with Crippen molar-refractivity contribution in [2.24, 2.45) is 5.73 Å². The van der Waals surface area contributed by atoms with E-state index in [4.69, 9.17) is 14.9 Å². The lowest BCUT2D eigenvalue weighted by Gasteiger charge is -2.07. The van der Waals surface area contributed by atoms with E-state index in [-0.39, 0.29) is 22.3 Å². The summed E-state index contributed by atoms with van der Waals surface area (Å²) in [7, 11) is 1.49. The van der Waals surface area contributed by atoms with Gasteiger partial charge in [-0.2, -0.15) is 0 Å². The molecule has 2 amide bonds. The summed E-state index contributed by atoms with van der Waals surface area (Å²) < 4.78 is 10.6. The van der Waals surface area contributed by atoms with Crippen LogP contribution in [0.1, 0.15) is 20.9 Å². The number of carbonyl (C=O) groups is 2. The van der Waals surface area contributed by atoms with Crippen LogP contribution < -0.4 is 21.2 Å². The fraction of sp³-hybridized carbons (Fsp3) is 0.0556. The maximum atomic E-state index is 12.4. The van der Waals surface area contributed by atoms with Crippen molar-refractivity contribution >= 4 is 28.5 Å². The second kappa shape index (κ2) is 6.48. The SMILES string of the molecule is COc1ccc2c(=O)cc(C(=O)Nc3cccc(C(N)=O)c3)oc2c1. The topological polar surface area (TPSA) is 112 Å². The number of rotatable bonds is 4. The van der Waals surface area contributed by atoms with Crippen LogP contribution in [-0.2, 0) is 0 Å². The van der Waals surface area contributed by atoms with E-state index >= 15 is 0 Å². The van der Waals surface area contributed by atoms with E-state index in [1.165, 1.54) is 25.3 Å². The van der Waals surface area contributed by atoms with Crippen molar-refractivity contribution in [2.45, 2.75) is 0 Å². The molecule has 0 aliphatic heterocycles. The normalized spacial score (nSPS) is 10.4. The molecule has 0 fully saturated rings. The van der Waals surface area contributed by atoms with Crippen LogP contribution in [0.4, 0.5) is 5.69 Å². The average molecular weight is 338 g/mol. The van der Waals surface area contributed by atoms with Gasteiger partial charge in [0.15, 0.2) is 11.2 Å². The minimum Gasteiger partial charge on any atom is -0.497 e. The average Bonchev–Trinajstić information content (AvgIpc) is 2.61. The van der Waals surface area contributed by atoms with Crippen LogP contribution in [0.5, 0.6) is 5.75 Å². The summed E-state index contributed by atoms with van der Waals surface area (Å²) in [6.45, 7) is 0. The number of anilines is 1. The Labute approximate surface area is 142 Å². The predicted molar refractivity (Wildman–Crippen MR) is 91.9 cm³/mol. The van der Waals surface area contributed by atoms with Gasteiger partial charge in [0.1, 0.15) is 11.3 Å². The van der Waals surface area contributed by atoms with E-state index in [2.05, 4.69) is 5.32 Å². The first-order valence-electron chi connectivity index (χ1n) is 7.31. The number of hydrogen-bond acceptors (Lipinski definition) is 5. The fourth-order valence-electron chi connectivity index (χ4n) is 2.32. The molecule has 126 valence electrons. The van der Waals surface area contributed by atoms with Crippen LogP contribution >= 0.6 is 0 Å². The van der Waals surface area contributed by atoms with Crippen molar-refractivity contribution in [3.8, 4) is 5.75 Å². The zero-order valence-corrected chi connectivity index (χ0v) is 13.2. The monoisotopic (exact) mass is 338 g/mol. The van der Waals surface area contributed by atoms with Crippen molar-refractivity contribution < 1.29 is 18.7 Å². The second-order valence-electron chi connectivity index (χ2n) is 5.24. The minimum atomic E-state index is -0.622. The largest absolute Gasteiger partial charge is 0.497 e. The third-order valence-electron chi connectivity index (χ3n) is 3.57. The van der Waals surface area contributed by atoms with E-state index in [0.717, 1.165) is 6.07 Å². The van der Waals surface area contributed by atoms with Crippen molar-refractivity contribution in [1.29, 1.82) is 0 Å². The molecule has 1 heterocycles. The third kappa shape index (κ3) is 3.35. The second-order valence-corrected chi connectivity index (χ2v) is 5.24. The summed E-state index contributed by atoms with van der Waals surface area (Å²) >= 11 is 0. The van der Waals surface area contributed by atoms with Crippen LogP contribution in [-0.4, -0.2) is 18.9 Å². The maximum absolute atomic E-state index is 12.4. The van der Waals surface area contributed by atoms with Gasteiger partial charge in [0.05, 0.1) is 12.5 Å². The quantitative estimate of drug-likeness (QED) is 0.757. The molecule has 0 saturated carbocycles. The first kappa shape index (κ1) is 16.3. The molecule has 0 atom stereocenters. The van der Waals surface area contributed by atoms with Crippen LogP contribution in [0.25, 0.3) is 11.0 Å². The summed E-state index contributed by atoms with van der Waals surface area (Å²) in [6.07, 6.45) is 0. The van der Waals surface area contributed by atoms with Gasteiger partial charge >= 0.3 is 0 Å². The molecule has 0 unspecified atom stereocenters. The zero-order chi connectivity index (χ0) is 18.0. The van der Waals surface area contributed by atoms with E-state index in [9.17, 15) is 14.4 Å². The number of nitrogens with one attached hydrogen (secondary N) is 1. The molecular weight excluding hydrogens is 324 g/mol. The molecule has 3 N–H and O–H groups in total. The first-order chi connectivity index (χ1) is 12.0. The van der Waals surface area contributed by atoms with Gasteiger partial charge in [0.2, 0.25) is 5.91 Å². The fourth-order valence-corrected chi connectivity index (χ4v) is 2.32. The number of hydrogen-bond donors (Lipinski definition) is 2. The molecule has 0 aliphatic carbocycles. The van der Waals surface area contributed by atoms with E-state index < -0.39 is 11.8 Å². The van der Waals surface area contributed by atoms with Gasteiger partial charge in [-0.25, -0.2) is 0 Å². The minimum absolute atomic E-state index is 0.157. The predicted octanol–water partition coefficient (Wildman–Crippen LogP) is 2.15. The number of methoxy groups -OCH3 is 1. The molecule has 0 bridgehead atoms. The van der Waals surface area contributed by atoms with Crippen molar-refractivity contribution in [2.75, 3.05) is 12.4 Å². The van der Waals surface area contributed by atoms with Crippen molar-refractivity contribution in [3.05, 3.63) is 70.1 Å². The highest BCUT2D eigenvalue weighted by atomic mass is 16.5. The van der Waals surface area contributed by atoms with E-state index in [1.54, 1.807) is 24.3 Å². The smallest absolute Gasteiger partial charge is 0.291 e. The summed E-state index contributed by atoms with van der Waals surface area (Å²) in [4.78, 5) is 35.7. The third-order valence-corrected chi connectivity index (χ3v) is 3.57. The molecule has 0 radical (unpaired) electrons. The number of amides is 2. The standard InChI is InChI=1S/C18H14N2O5/c1-24-12-5-6-13-14(21)9-16(25-15(13)8-12)18(23)20-11-4-2-3-10(7-11)17(19)22/h2-9H,1H3,(H2,19,22)(H,20,23). The Kier molecular flexibility index (Phi) is 4.21. The van der Waals surface area contributed by atoms with E-state index in [0.29, 0.717) is 16.8 Å². The van der Waals surface area contributed by atoms with Crippen molar-refractivity contribution in [3.63, 3.8) is 0 Å². The Morgan fingerprint density at radius 3 is 2.64 bits per heavy atom. The Morgan fingerprint density at radius 2 is 1.92 bits per heavy atom. The summed E-state index contributed by atoms with van der Waals surface area (Å²) in [5.74, 6) is -0.888. The highest BCUT2D eigenvalue weighted by molar-refractivity contribution is 6.03. The summed E-state index contributed by atoms with van der Waals surface area (Å²) in [6, 6.07) is 12.0. The zero-order valence-electron chi connectivity index (χ0n) is 13.2. The van der Waals surface area contributed by atoms with Gasteiger partial charge in [-0.3, -0.25) is 14.4 Å². The molecular formula is C18H14N2O5. The Balaban J connectivity index is 1.95. The van der Waals surface area contributed by atoms with Crippen LogP contribution in [0.3, 0.4) is 0 Å². The highest BCUT2D eigenvalue weighted by Crippen LogP contribution is 2.20. The molecule has 0 spiro atoms. The lowest BCUT2D eigenvalue weighted by molar-refractivity contribution is 0.0988. The van der Waals surface area contributed by atoms with Gasteiger partial charge < -0.3 is 20.2 Å². The Bertz CT molecular complexity index is 1040. The highest BCUT2D eigenvalue weighted by Gasteiger charge is 2.14. The number of nitrogens with two attached hydrogens (primary N) is 1. The molecule has 7 nitrogen and oxygen atoms in total. The van der Waals surface area contributed by atoms with Gasteiger partial charge in [-0.15, -0.1) is 0 Å². The van der Waals surface area contributed by atoms with E-state index in [1.807, 2.05) is 0 Å². The number of ether oxygens (including phenoxy) is 1. The van der Waals surface area contributed by atoms with Gasteiger partial charge in [0.25, 0.3) is 5.91 Å². The van der Waals surface area contributed by atoms with Gasteiger partial charge in [-0.1, -0.05) is 6.07 Å². The van der Waals surface area contributed by atoms with Crippen LogP contribution in [0.15, 0.2) is 57.7 Å². The molecule has 3 aromatic rings. The van der Waals surface area contributed by atoms with Crippen LogP contribution in [0.2, 0.25) is 0 Å².